The smallest absolute Gasteiger partial charge is 0.236 e. The Morgan fingerprint density at radius 3 is 2.54 bits per heavy atom. The number of thiazole rings is 1. The first-order valence-corrected chi connectivity index (χ1v) is 9.47. The number of hydrogen-bond acceptors (Lipinski definition) is 5. The van der Waals surface area contributed by atoms with Gasteiger partial charge in [-0.25, -0.2) is 4.98 Å². The molecule has 132 valence electrons. The molecule has 0 radical (unpaired) electrons. The molecule has 2 aromatic heterocycles. The van der Waals surface area contributed by atoms with E-state index in [4.69, 9.17) is 4.74 Å². The molecule has 3 heterocycles. The quantitative estimate of drug-likeness (QED) is 0.762. The van der Waals surface area contributed by atoms with Gasteiger partial charge in [-0.1, -0.05) is 30.3 Å². The highest BCUT2D eigenvalue weighted by Crippen LogP contribution is 2.36. The fraction of sp³-hybridized carbons (Fsp3) is 0.250. The second-order valence-corrected chi connectivity index (χ2v) is 7.15. The Hall–Kier alpha value is -2.57. The first-order chi connectivity index (χ1) is 12.8. The predicted molar refractivity (Wildman–Crippen MR) is 102 cm³/mol. The number of nitrogens with one attached hydrogen (secondary N) is 1. The van der Waals surface area contributed by atoms with E-state index in [9.17, 15) is 4.79 Å². The first-order valence-electron chi connectivity index (χ1n) is 8.59. The van der Waals surface area contributed by atoms with Gasteiger partial charge in [-0.3, -0.25) is 9.78 Å². The molecule has 3 aromatic rings. The van der Waals surface area contributed by atoms with E-state index in [1.54, 1.807) is 12.4 Å². The number of aromatic nitrogens is 2. The van der Waals surface area contributed by atoms with Gasteiger partial charge in [0.05, 0.1) is 11.1 Å². The summed E-state index contributed by atoms with van der Waals surface area (Å²) in [5.74, 6) is -0.0115. The minimum Gasteiger partial charge on any atom is -0.381 e. The summed E-state index contributed by atoms with van der Waals surface area (Å²) in [4.78, 5) is 21.8. The standard InChI is InChI=1S/C20H19N3O2S/c24-18(20(8-12-25-13-9-20)16-4-2-1-3-5-16)23-19-22-17(14-26-19)15-6-10-21-11-7-15/h1-7,10-11,14H,8-9,12-13H2,(H,22,23,24). The Balaban J connectivity index is 1.59. The lowest BCUT2D eigenvalue weighted by molar-refractivity contribution is -0.125. The minimum atomic E-state index is -0.567. The second kappa shape index (κ2) is 7.35. The summed E-state index contributed by atoms with van der Waals surface area (Å²) in [6.45, 7) is 1.17. The van der Waals surface area contributed by atoms with Crippen molar-refractivity contribution in [1.29, 1.82) is 0 Å². The molecule has 6 heteroatoms. The van der Waals surface area contributed by atoms with Crippen molar-refractivity contribution in [2.75, 3.05) is 18.5 Å². The third-order valence-electron chi connectivity index (χ3n) is 4.81. The molecule has 4 rings (SSSR count). The molecular weight excluding hydrogens is 346 g/mol. The molecule has 0 aliphatic carbocycles. The van der Waals surface area contributed by atoms with Crippen LogP contribution in [-0.4, -0.2) is 29.1 Å². The van der Waals surface area contributed by atoms with Gasteiger partial charge in [0.2, 0.25) is 5.91 Å². The van der Waals surface area contributed by atoms with Crippen LogP contribution in [0.3, 0.4) is 0 Å². The number of anilines is 1. The third-order valence-corrected chi connectivity index (χ3v) is 5.57. The first kappa shape index (κ1) is 16.9. The summed E-state index contributed by atoms with van der Waals surface area (Å²) in [5, 5.41) is 5.60. The molecule has 1 fully saturated rings. The summed E-state index contributed by atoms with van der Waals surface area (Å²) in [6, 6.07) is 13.8. The molecule has 0 bridgehead atoms. The zero-order valence-corrected chi connectivity index (χ0v) is 15.0. The van der Waals surface area contributed by atoms with Crippen LogP contribution in [0.15, 0.2) is 60.2 Å². The third kappa shape index (κ3) is 3.25. The highest BCUT2D eigenvalue weighted by atomic mass is 32.1. The Morgan fingerprint density at radius 2 is 1.81 bits per heavy atom. The normalized spacial score (nSPS) is 16.2. The van der Waals surface area contributed by atoms with E-state index in [1.807, 2.05) is 47.8 Å². The van der Waals surface area contributed by atoms with Crippen LogP contribution in [0.25, 0.3) is 11.3 Å². The van der Waals surface area contributed by atoms with Gasteiger partial charge in [0, 0.05) is 36.6 Å². The van der Waals surface area contributed by atoms with Crippen LogP contribution in [0.1, 0.15) is 18.4 Å². The number of nitrogens with zero attached hydrogens (tertiary/aromatic N) is 2. The van der Waals surface area contributed by atoms with Crippen LogP contribution in [0.4, 0.5) is 5.13 Å². The highest BCUT2D eigenvalue weighted by molar-refractivity contribution is 7.14. The molecule has 0 spiro atoms. The molecule has 0 unspecified atom stereocenters. The number of carbonyl (C=O) groups is 1. The van der Waals surface area contributed by atoms with Crippen LogP contribution in [-0.2, 0) is 14.9 Å². The maximum absolute atomic E-state index is 13.2. The molecule has 0 saturated carbocycles. The van der Waals surface area contributed by atoms with Crippen molar-refractivity contribution in [3.05, 3.63) is 65.8 Å². The number of hydrogen-bond donors (Lipinski definition) is 1. The lowest BCUT2D eigenvalue weighted by Crippen LogP contribution is -2.44. The van der Waals surface area contributed by atoms with Crippen LogP contribution in [0.2, 0.25) is 0 Å². The zero-order chi connectivity index (χ0) is 17.8. The summed E-state index contributed by atoms with van der Waals surface area (Å²) in [7, 11) is 0. The lowest BCUT2D eigenvalue weighted by Gasteiger charge is -2.35. The fourth-order valence-corrected chi connectivity index (χ4v) is 4.04. The average molecular weight is 365 g/mol. The molecule has 0 atom stereocenters. The predicted octanol–water partition coefficient (Wildman–Crippen LogP) is 3.89. The number of pyridine rings is 1. The fourth-order valence-electron chi connectivity index (χ4n) is 3.33. The Bertz CT molecular complexity index is 874. The van der Waals surface area contributed by atoms with Crippen molar-refractivity contribution in [2.45, 2.75) is 18.3 Å². The molecule has 1 saturated heterocycles. The molecule has 1 aromatic carbocycles. The van der Waals surface area contributed by atoms with Crippen molar-refractivity contribution >= 4 is 22.4 Å². The van der Waals surface area contributed by atoms with E-state index in [1.165, 1.54) is 11.3 Å². The van der Waals surface area contributed by atoms with Gasteiger partial charge in [0.25, 0.3) is 0 Å². The van der Waals surface area contributed by atoms with E-state index in [-0.39, 0.29) is 5.91 Å². The maximum Gasteiger partial charge on any atom is 0.236 e. The number of ether oxygens (including phenoxy) is 1. The lowest BCUT2D eigenvalue weighted by atomic mass is 9.73. The Morgan fingerprint density at radius 1 is 1.08 bits per heavy atom. The van der Waals surface area contributed by atoms with Crippen molar-refractivity contribution in [1.82, 2.24) is 9.97 Å². The molecular formula is C20H19N3O2S. The monoisotopic (exact) mass is 365 g/mol. The molecule has 1 N–H and O–H groups in total. The van der Waals surface area contributed by atoms with Crippen LogP contribution in [0.5, 0.6) is 0 Å². The van der Waals surface area contributed by atoms with Gasteiger partial charge in [-0.2, -0.15) is 0 Å². The number of benzene rings is 1. The molecule has 1 aliphatic heterocycles. The van der Waals surface area contributed by atoms with Crippen molar-refractivity contribution in [3.8, 4) is 11.3 Å². The van der Waals surface area contributed by atoms with Crippen LogP contribution >= 0.6 is 11.3 Å². The van der Waals surface area contributed by atoms with Gasteiger partial charge < -0.3 is 10.1 Å². The van der Waals surface area contributed by atoms with Crippen molar-refractivity contribution in [3.63, 3.8) is 0 Å². The molecule has 26 heavy (non-hydrogen) atoms. The van der Waals surface area contributed by atoms with Gasteiger partial charge in [-0.15, -0.1) is 11.3 Å². The largest absolute Gasteiger partial charge is 0.381 e. The number of carbonyl (C=O) groups excluding carboxylic acids is 1. The van der Waals surface area contributed by atoms with Gasteiger partial charge in [0.1, 0.15) is 0 Å². The van der Waals surface area contributed by atoms with Crippen LogP contribution < -0.4 is 5.32 Å². The van der Waals surface area contributed by atoms with Gasteiger partial charge >= 0.3 is 0 Å². The van der Waals surface area contributed by atoms with Gasteiger partial charge in [0.15, 0.2) is 5.13 Å². The Labute approximate surface area is 156 Å². The minimum absolute atomic E-state index is 0.0115. The summed E-state index contributed by atoms with van der Waals surface area (Å²) in [5.41, 5.74) is 2.29. The average Bonchev–Trinajstić information content (AvgIpc) is 3.18. The maximum atomic E-state index is 13.2. The highest BCUT2D eigenvalue weighted by Gasteiger charge is 2.41. The number of rotatable bonds is 4. The van der Waals surface area contributed by atoms with E-state index >= 15 is 0 Å². The molecule has 1 amide bonds. The summed E-state index contributed by atoms with van der Waals surface area (Å²) >= 11 is 1.44. The SMILES string of the molecule is O=C(Nc1nc(-c2ccncc2)cs1)C1(c2ccccc2)CCOCC1. The van der Waals surface area contributed by atoms with E-state index in [0.29, 0.717) is 31.2 Å². The second-order valence-electron chi connectivity index (χ2n) is 6.29. The van der Waals surface area contributed by atoms with Gasteiger partial charge in [-0.05, 0) is 30.5 Å². The zero-order valence-electron chi connectivity index (χ0n) is 14.2. The van der Waals surface area contributed by atoms with Crippen LogP contribution in [0, 0.1) is 0 Å². The van der Waals surface area contributed by atoms with E-state index in [2.05, 4.69) is 15.3 Å². The molecule has 5 nitrogen and oxygen atoms in total. The van der Waals surface area contributed by atoms with Crippen molar-refractivity contribution < 1.29 is 9.53 Å². The summed E-state index contributed by atoms with van der Waals surface area (Å²) < 4.78 is 5.51. The van der Waals surface area contributed by atoms with E-state index in [0.717, 1.165) is 16.8 Å². The Kier molecular flexibility index (Phi) is 4.77. The van der Waals surface area contributed by atoms with E-state index < -0.39 is 5.41 Å². The number of amides is 1. The summed E-state index contributed by atoms with van der Waals surface area (Å²) in [6.07, 6.45) is 4.82. The molecule has 1 aliphatic rings. The van der Waals surface area contributed by atoms with Crippen molar-refractivity contribution in [2.24, 2.45) is 0 Å². The topological polar surface area (TPSA) is 64.1 Å².